The van der Waals surface area contributed by atoms with Crippen LogP contribution in [0.15, 0.2) is 54.6 Å². The summed E-state index contributed by atoms with van der Waals surface area (Å²) in [5.74, 6) is -1.66. The van der Waals surface area contributed by atoms with Gasteiger partial charge in [0.15, 0.2) is 6.61 Å². The van der Waals surface area contributed by atoms with Crippen LogP contribution in [0.2, 0.25) is 0 Å². The normalized spacial score (nSPS) is 13.1. The first kappa shape index (κ1) is 22.6. The molecule has 0 radical (unpaired) electrons. The number of imide groups is 1. The van der Waals surface area contributed by atoms with Crippen molar-refractivity contribution in [1.82, 2.24) is 20.0 Å². The third-order valence-electron chi connectivity index (χ3n) is 4.97. The number of esters is 1. The number of hydrogen-bond donors (Lipinski definition) is 2. The number of halogens is 1. The standard InChI is InChI=1S/C23H20FN5O5/c1-14-10-19(29(27-14)18-8-6-17(24)7-9-18)26-20(30)13-34-22(32)16-4-2-15(3-5-16)12-28-21(31)11-25-23(28)33/h2-10H,11-13H2,1H3,(H,25,33)(H,26,30). The van der Waals surface area contributed by atoms with E-state index in [4.69, 9.17) is 4.74 Å². The number of ether oxygens (including phenoxy) is 1. The molecule has 174 valence electrons. The van der Waals surface area contributed by atoms with Gasteiger partial charge in [0.2, 0.25) is 5.91 Å². The molecule has 2 aromatic carbocycles. The molecule has 1 aromatic heterocycles. The Morgan fingerprint density at radius 2 is 1.82 bits per heavy atom. The minimum Gasteiger partial charge on any atom is -0.452 e. The van der Waals surface area contributed by atoms with Crippen LogP contribution in [-0.2, 0) is 20.9 Å². The van der Waals surface area contributed by atoms with E-state index in [-0.39, 0.29) is 24.6 Å². The Kier molecular flexibility index (Phi) is 6.35. The fourth-order valence-electron chi connectivity index (χ4n) is 3.31. The molecule has 10 nitrogen and oxygen atoms in total. The van der Waals surface area contributed by atoms with Crippen molar-refractivity contribution in [2.75, 3.05) is 18.5 Å². The second kappa shape index (κ2) is 9.53. The van der Waals surface area contributed by atoms with Gasteiger partial charge in [-0.3, -0.25) is 14.5 Å². The third-order valence-corrected chi connectivity index (χ3v) is 4.97. The Morgan fingerprint density at radius 3 is 2.47 bits per heavy atom. The van der Waals surface area contributed by atoms with Crippen LogP contribution in [0.25, 0.3) is 5.69 Å². The van der Waals surface area contributed by atoms with Crippen molar-refractivity contribution in [2.24, 2.45) is 0 Å². The van der Waals surface area contributed by atoms with Gasteiger partial charge in [-0.2, -0.15) is 5.10 Å². The van der Waals surface area contributed by atoms with Gasteiger partial charge in [-0.25, -0.2) is 18.7 Å². The summed E-state index contributed by atoms with van der Waals surface area (Å²) in [6.45, 7) is 1.27. The molecular formula is C23H20FN5O5. The molecule has 1 aliphatic heterocycles. The van der Waals surface area contributed by atoms with E-state index >= 15 is 0 Å². The van der Waals surface area contributed by atoms with Crippen LogP contribution in [0, 0.1) is 12.7 Å². The third kappa shape index (κ3) is 5.09. The Balaban J connectivity index is 1.33. The Bertz CT molecular complexity index is 1240. The molecule has 34 heavy (non-hydrogen) atoms. The van der Waals surface area contributed by atoms with Crippen LogP contribution >= 0.6 is 0 Å². The summed E-state index contributed by atoms with van der Waals surface area (Å²) < 4.78 is 19.7. The fraction of sp³-hybridized carbons (Fsp3) is 0.174. The lowest BCUT2D eigenvalue weighted by Gasteiger charge is -2.12. The number of benzene rings is 2. The van der Waals surface area contributed by atoms with E-state index in [0.717, 1.165) is 4.90 Å². The lowest BCUT2D eigenvalue weighted by atomic mass is 10.1. The summed E-state index contributed by atoms with van der Waals surface area (Å²) in [6.07, 6.45) is 0. The minimum atomic E-state index is -0.708. The van der Waals surface area contributed by atoms with Gasteiger partial charge in [-0.1, -0.05) is 12.1 Å². The largest absolute Gasteiger partial charge is 0.452 e. The molecule has 2 N–H and O–H groups in total. The SMILES string of the molecule is Cc1cc(NC(=O)COC(=O)c2ccc(CN3C(=O)CNC3=O)cc2)n(-c2ccc(F)cc2)n1. The number of hydrogen-bond acceptors (Lipinski definition) is 6. The first-order chi connectivity index (χ1) is 16.3. The maximum atomic E-state index is 13.2. The second-order valence-electron chi connectivity index (χ2n) is 7.52. The Morgan fingerprint density at radius 1 is 1.12 bits per heavy atom. The van der Waals surface area contributed by atoms with E-state index in [1.54, 1.807) is 25.1 Å². The highest BCUT2D eigenvalue weighted by atomic mass is 19.1. The maximum Gasteiger partial charge on any atom is 0.338 e. The zero-order valence-corrected chi connectivity index (χ0v) is 18.1. The van der Waals surface area contributed by atoms with Gasteiger partial charge in [0, 0.05) is 6.07 Å². The summed E-state index contributed by atoms with van der Waals surface area (Å²) in [4.78, 5) is 49.0. The number of aromatic nitrogens is 2. The van der Waals surface area contributed by atoms with Crippen molar-refractivity contribution in [3.63, 3.8) is 0 Å². The fourth-order valence-corrected chi connectivity index (χ4v) is 3.31. The summed E-state index contributed by atoms with van der Waals surface area (Å²) in [5.41, 5.74) is 2.05. The van der Waals surface area contributed by atoms with Crippen LogP contribution in [-0.4, -0.2) is 51.6 Å². The second-order valence-corrected chi connectivity index (χ2v) is 7.52. The molecule has 1 saturated heterocycles. The lowest BCUT2D eigenvalue weighted by Crippen LogP contribution is -2.30. The van der Waals surface area contributed by atoms with Crippen molar-refractivity contribution in [3.8, 4) is 5.69 Å². The van der Waals surface area contributed by atoms with E-state index in [2.05, 4.69) is 15.7 Å². The number of aryl methyl sites for hydroxylation is 1. The van der Waals surface area contributed by atoms with E-state index in [1.165, 1.54) is 41.1 Å². The summed E-state index contributed by atoms with van der Waals surface area (Å²) in [5, 5.41) is 9.34. The van der Waals surface area contributed by atoms with E-state index in [0.29, 0.717) is 22.8 Å². The van der Waals surface area contributed by atoms with Crippen LogP contribution in [0.5, 0.6) is 0 Å². The van der Waals surface area contributed by atoms with Crippen LogP contribution in [0.4, 0.5) is 15.0 Å². The number of rotatable bonds is 7. The Labute approximate surface area is 193 Å². The maximum absolute atomic E-state index is 13.2. The molecule has 0 spiro atoms. The van der Waals surface area contributed by atoms with Crippen LogP contribution < -0.4 is 10.6 Å². The predicted octanol–water partition coefficient (Wildman–Crippen LogP) is 2.17. The molecule has 1 aliphatic rings. The molecule has 0 unspecified atom stereocenters. The van der Waals surface area contributed by atoms with E-state index in [9.17, 15) is 23.6 Å². The number of urea groups is 1. The zero-order chi connectivity index (χ0) is 24.2. The highest BCUT2D eigenvalue weighted by molar-refractivity contribution is 6.01. The first-order valence-electron chi connectivity index (χ1n) is 10.3. The van der Waals surface area contributed by atoms with Gasteiger partial charge in [-0.05, 0) is 48.9 Å². The monoisotopic (exact) mass is 465 g/mol. The number of nitrogens with zero attached hydrogens (tertiary/aromatic N) is 3. The number of carbonyl (C=O) groups is 4. The summed E-state index contributed by atoms with van der Waals surface area (Å²) in [6, 6.07) is 12.9. The van der Waals surface area contributed by atoms with Crippen molar-refractivity contribution < 1.29 is 28.3 Å². The van der Waals surface area contributed by atoms with E-state index in [1.807, 2.05) is 0 Å². The van der Waals surface area contributed by atoms with Crippen molar-refractivity contribution in [3.05, 3.63) is 77.2 Å². The molecule has 3 aromatic rings. The van der Waals surface area contributed by atoms with Gasteiger partial charge in [0.25, 0.3) is 5.91 Å². The van der Waals surface area contributed by atoms with E-state index < -0.39 is 30.3 Å². The van der Waals surface area contributed by atoms with Gasteiger partial charge in [-0.15, -0.1) is 0 Å². The minimum absolute atomic E-state index is 0.0322. The highest BCUT2D eigenvalue weighted by Crippen LogP contribution is 2.18. The van der Waals surface area contributed by atoms with Gasteiger partial charge in [0.05, 0.1) is 30.0 Å². The molecule has 1 fully saturated rings. The molecule has 0 atom stereocenters. The van der Waals surface area contributed by atoms with Crippen LogP contribution in [0.1, 0.15) is 21.6 Å². The smallest absolute Gasteiger partial charge is 0.338 e. The predicted molar refractivity (Wildman–Crippen MR) is 118 cm³/mol. The molecule has 0 aliphatic carbocycles. The topological polar surface area (TPSA) is 123 Å². The number of nitrogens with one attached hydrogen (secondary N) is 2. The Hall–Kier alpha value is -4.54. The number of carbonyl (C=O) groups excluding carboxylic acids is 4. The summed E-state index contributed by atoms with van der Waals surface area (Å²) in [7, 11) is 0. The lowest BCUT2D eigenvalue weighted by molar-refractivity contribution is -0.125. The van der Waals surface area contributed by atoms with Gasteiger partial charge < -0.3 is 15.4 Å². The number of amides is 4. The van der Waals surface area contributed by atoms with Crippen LogP contribution in [0.3, 0.4) is 0 Å². The molecule has 0 saturated carbocycles. The van der Waals surface area contributed by atoms with Crippen molar-refractivity contribution in [2.45, 2.75) is 13.5 Å². The quantitative estimate of drug-likeness (QED) is 0.407. The highest BCUT2D eigenvalue weighted by Gasteiger charge is 2.28. The number of anilines is 1. The zero-order valence-electron chi connectivity index (χ0n) is 18.1. The molecule has 4 amide bonds. The van der Waals surface area contributed by atoms with Gasteiger partial charge >= 0.3 is 12.0 Å². The molecule has 2 heterocycles. The molecule has 4 rings (SSSR count). The molecule has 0 bridgehead atoms. The van der Waals surface area contributed by atoms with Gasteiger partial charge in [0.1, 0.15) is 11.6 Å². The average Bonchev–Trinajstić information content (AvgIpc) is 3.34. The molecular weight excluding hydrogens is 445 g/mol. The van der Waals surface area contributed by atoms with Crippen molar-refractivity contribution >= 4 is 29.6 Å². The first-order valence-corrected chi connectivity index (χ1v) is 10.3. The average molecular weight is 465 g/mol. The summed E-state index contributed by atoms with van der Waals surface area (Å²) >= 11 is 0. The molecule has 11 heteroatoms. The van der Waals surface area contributed by atoms with Crippen molar-refractivity contribution in [1.29, 1.82) is 0 Å².